The zero-order chi connectivity index (χ0) is 10.8. The first kappa shape index (κ1) is 9.71. The van der Waals surface area contributed by atoms with Crippen LogP contribution < -0.4 is 0 Å². The van der Waals surface area contributed by atoms with Crippen molar-refractivity contribution in [3.63, 3.8) is 0 Å². The molecule has 2 aliphatic rings. The number of rotatable bonds is 1. The summed E-state index contributed by atoms with van der Waals surface area (Å²) >= 11 is 0. The molecule has 1 fully saturated rings. The van der Waals surface area contributed by atoms with Crippen LogP contribution in [0.2, 0.25) is 0 Å². The molecule has 3 rings (SSSR count). The Kier molecular flexibility index (Phi) is 2.53. The SMILES string of the molecule is C1=CC(=C2CCCCC2)C=C1c1ccoc1. The van der Waals surface area contributed by atoms with Crippen molar-refractivity contribution in [3.05, 3.63) is 53.5 Å². The maximum absolute atomic E-state index is 5.12. The number of furan rings is 1. The van der Waals surface area contributed by atoms with Gasteiger partial charge < -0.3 is 4.42 Å². The van der Waals surface area contributed by atoms with Crippen molar-refractivity contribution in [2.75, 3.05) is 0 Å². The summed E-state index contributed by atoms with van der Waals surface area (Å²) in [5, 5.41) is 0. The van der Waals surface area contributed by atoms with Gasteiger partial charge in [-0.2, -0.15) is 0 Å². The third-order valence-corrected chi connectivity index (χ3v) is 3.47. The molecular formula is C15H16O. The van der Waals surface area contributed by atoms with Crippen LogP contribution in [0.1, 0.15) is 37.7 Å². The van der Waals surface area contributed by atoms with Crippen molar-refractivity contribution in [2.24, 2.45) is 0 Å². The lowest BCUT2D eigenvalue weighted by atomic mass is 9.91. The molecule has 1 saturated carbocycles. The van der Waals surface area contributed by atoms with Crippen LogP contribution in [0, 0.1) is 0 Å². The summed E-state index contributed by atoms with van der Waals surface area (Å²) in [6.07, 6.45) is 17.0. The second kappa shape index (κ2) is 4.17. The van der Waals surface area contributed by atoms with Gasteiger partial charge in [0.25, 0.3) is 0 Å². The molecule has 0 radical (unpaired) electrons. The molecule has 0 N–H and O–H groups in total. The molecule has 0 bridgehead atoms. The zero-order valence-electron chi connectivity index (χ0n) is 9.41. The lowest BCUT2D eigenvalue weighted by Gasteiger charge is -2.14. The number of hydrogen-bond acceptors (Lipinski definition) is 1. The standard InChI is InChI=1S/C15H16O/c1-2-4-12(5-3-1)13-6-7-14(10-13)15-8-9-16-11-15/h6-11H,1-5H2. The minimum atomic E-state index is 1.18. The Morgan fingerprint density at radius 2 is 1.88 bits per heavy atom. The molecule has 2 aliphatic carbocycles. The quantitative estimate of drug-likeness (QED) is 0.668. The normalized spacial score (nSPS) is 20.4. The molecule has 0 aromatic carbocycles. The van der Waals surface area contributed by atoms with Crippen LogP contribution in [0.4, 0.5) is 0 Å². The van der Waals surface area contributed by atoms with E-state index in [-0.39, 0.29) is 0 Å². The summed E-state index contributed by atoms with van der Waals surface area (Å²) in [5.41, 5.74) is 5.54. The molecule has 1 aromatic heterocycles. The molecule has 0 atom stereocenters. The Morgan fingerprint density at radius 3 is 2.62 bits per heavy atom. The highest BCUT2D eigenvalue weighted by Crippen LogP contribution is 2.32. The lowest BCUT2D eigenvalue weighted by molar-refractivity contribution is 0.566. The molecular weight excluding hydrogens is 196 g/mol. The summed E-state index contributed by atoms with van der Waals surface area (Å²) in [7, 11) is 0. The molecule has 0 spiro atoms. The van der Waals surface area contributed by atoms with E-state index in [2.05, 4.69) is 18.2 Å². The maximum atomic E-state index is 5.12. The predicted molar refractivity (Wildman–Crippen MR) is 65.9 cm³/mol. The third-order valence-electron chi connectivity index (χ3n) is 3.47. The van der Waals surface area contributed by atoms with Crippen molar-refractivity contribution < 1.29 is 4.42 Å². The van der Waals surface area contributed by atoms with E-state index in [4.69, 9.17) is 4.42 Å². The van der Waals surface area contributed by atoms with Gasteiger partial charge in [0, 0.05) is 5.56 Å². The van der Waals surface area contributed by atoms with Crippen LogP contribution in [0.15, 0.2) is 52.4 Å². The van der Waals surface area contributed by atoms with Crippen molar-refractivity contribution in [1.29, 1.82) is 0 Å². The molecule has 0 aliphatic heterocycles. The van der Waals surface area contributed by atoms with Crippen LogP contribution in [0.5, 0.6) is 0 Å². The average molecular weight is 212 g/mol. The van der Waals surface area contributed by atoms with Crippen molar-refractivity contribution in [3.8, 4) is 0 Å². The minimum absolute atomic E-state index is 1.18. The summed E-state index contributed by atoms with van der Waals surface area (Å²) in [6, 6.07) is 2.02. The smallest absolute Gasteiger partial charge is 0.0980 e. The molecule has 0 unspecified atom stereocenters. The summed E-state index contributed by atoms with van der Waals surface area (Å²) in [4.78, 5) is 0. The van der Waals surface area contributed by atoms with Gasteiger partial charge >= 0.3 is 0 Å². The van der Waals surface area contributed by atoms with E-state index >= 15 is 0 Å². The highest BCUT2D eigenvalue weighted by molar-refractivity contribution is 5.81. The predicted octanol–water partition coefficient (Wildman–Crippen LogP) is 4.49. The van der Waals surface area contributed by atoms with Gasteiger partial charge in [-0.15, -0.1) is 0 Å². The van der Waals surface area contributed by atoms with Crippen LogP contribution in [0.25, 0.3) is 5.57 Å². The van der Waals surface area contributed by atoms with Gasteiger partial charge in [-0.25, -0.2) is 0 Å². The Labute approximate surface area is 96.2 Å². The molecule has 1 heteroatoms. The van der Waals surface area contributed by atoms with Gasteiger partial charge in [-0.3, -0.25) is 0 Å². The summed E-state index contributed by atoms with van der Waals surface area (Å²) in [6.45, 7) is 0. The minimum Gasteiger partial charge on any atom is -0.472 e. The lowest BCUT2D eigenvalue weighted by Crippen LogP contribution is -1.95. The van der Waals surface area contributed by atoms with E-state index in [1.165, 1.54) is 48.8 Å². The van der Waals surface area contributed by atoms with Gasteiger partial charge in [-0.1, -0.05) is 24.1 Å². The fourth-order valence-corrected chi connectivity index (χ4v) is 2.54. The van der Waals surface area contributed by atoms with Gasteiger partial charge in [0.15, 0.2) is 0 Å². The Bertz CT molecular complexity index is 450. The molecule has 82 valence electrons. The summed E-state index contributed by atoms with van der Waals surface area (Å²) < 4.78 is 5.12. The Morgan fingerprint density at radius 1 is 1.00 bits per heavy atom. The fourth-order valence-electron chi connectivity index (χ4n) is 2.54. The number of hydrogen-bond donors (Lipinski definition) is 0. The van der Waals surface area contributed by atoms with Crippen LogP contribution in [0.3, 0.4) is 0 Å². The van der Waals surface area contributed by atoms with Crippen LogP contribution in [-0.2, 0) is 0 Å². The second-order valence-electron chi connectivity index (χ2n) is 4.56. The Balaban J connectivity index is 1.89. The first-order chi connectivity index (χ1) is 7.93. The summed E-state index contributed by atoms with van der Waals surface area (Å²) in [5.74, 6) is 0. The Hall–Kier alpha value is -1.50. The van der Waals surface area contributed by atoms with Gasteiger partial charge in [0.1, 0.15) is 0 Å². The fraction of sp³-hybridized carbons (Fsp3) is 0.333. The molecule has 0 saturated heterocycles. The van der Waals surface area contributed by atoms with Crippen molar-refractivity contribution in [2.45, 2.75) is 32.1 Å². The van der Waals surface area contributed by atoms with E-state index in [1.807, 2.05) is 12.3 Å². The van der Waals surface area contributed by atoms with Crippen molar-refractivity contribution in [1.82, 2.24) is 0 Å². The monoisotopic (exact) mass is 212 g/mol. The number of allylic oxidation sites excluding steroid dienone is 6. The molecule has 1 nitrogen and oxygen atoms in total. The van der Waals surface area contributed by atoms with E-state index < -0.39 is 0 Å². The third kappa shape index (κ3) is 1.78. The maximum Gasteiger partial charge on any atom is 0.0980 e. The zero-order valence-corrected chi connectivity index (χ0v) is 9.41. The van der Waals surface area contributed by atoms with Gasteiger partial charge in [0.2, 0.25) is 0 Å². The van der Waals surface area contributed by atoms with Crippen LogP contribution >= 0.6 is 0 Å². The van der Waals surface area contributed by atoms with E-state index in [1.54, 1.807) is 11.8 Å². The largest absolute Gasteiger partial charge is 0.472 e. The average Bonchev–Trinajstić information content (AvgIpc) is 3.01. The molecule has 16 heavy (non-hydrogen) atoms. The van der Waals surface area contributed by atoms with E-state index in [0.29, 0.717) is 0 Å². The topological polar surface area (TPSA) is 13.1 Å². The highest BCUT2D eigenvalue weighted by Gasteiger charge is 2.12. The van der Waals surface area contributed by atoms with Crippen molar-refractivity contribution >= 4 is 5.57 Å². The molecule has 1 heterocycles. The van der Waals surface area contributed by atoms with Gasteiger partial charge in [0.05, 0.1) is 12.5 Å². The van der Waals surface area contributed by atoms with Gasteiger partial charge in [-0.05, 0) is 49.0 Å². The van der Waals surface area contributed by atoms with E-state index in [0.717, 1.165) is 0 Å². The molecule has 1 aromatic rings. The first-order valence-electron chi connectivity index (χ1n) is 6.08. The van der Waals surface area contributed by atoms with Crippen LogP contribution in [-0.4, -0.2) is 0 Å². The highest BCUT2D eigenvalue weighted by atomic mass is 16.3. The second-order valence-corrected chi connectivity index (χ2v) is 4.56. The molecule has 0 amide bonds. The van der Waals surface area contributed by atoms with E-state index in [9.17, 15) is 0 Å². The first-order valence-corrected chi connectivity index (χ1v) is 6.08.